The van der Waals surface area contributed by atoms with Gasteiger partial charge in [0.1, 0.15) is 0 Å². The number of fused-ring (bicyclic) bond motifs is 1. The van der Waals surface area contributed by atoms with Crippen LogP contribution in [-0.4, -0.2) is 22.1 Å². The Bertz CT molecular complexity index is 465. The maximum atomic E-state index is 6.14. The highest BCUT2D eigenvalue weighted by Gasteiger charge is 2.32. The molecule has 4 nitrogen and oxygen atoms in total. The molecule has 0 atom stereocenters. The van der Waals surface area contributed by atoms with E-state index in [4.69, 9.17) is 5.73 Å². The quantitative estimate of drug-likeness (QED) is 0.733. The number of nitrogens with one attached hydrogen (secondary N) is 2. The minimum Gasteiger partial charge on any atom is -0.354 e. The lowest BCUT2D eigenvalue weighted by Crippen LogP contribution is -2.52. The third kappa shape index (κ3) is 1.65. The van der Waals surface area contributed by atoms with E-state index in [1.807, 2.05) is 24.3 Å². The molecule has 1 saturated carbocycles. The van der Waals surface area contributed by atoms with Gasteiger partial charge in [0.05, 0.1) is 11.0 Å². The molecule has 2 aromatic rings. The lowest BCUT2D eigenvalue weighted by Gasteiger charge is -2.38. The monoisotopic (exact) mass is 216 g/mol. The number of nitrogens with two attached hydrogens (primary N) is 1. The molecular weight excluding hydrogens is 200 g/mol. The smallest absolute Gasteiger partial charge is 0.201 e. The number of aromatic nitrogens is 2. The van der Waals surface area contributed by atoms with E-state index in [2.05, 4.69) is 15.3 Å². The van der Waals surface area contributed by atoms with Gasteiger partial charge in [-0.15, -0.1) is 0 Å². The van der Waals surface area contributed by atoms with Gasteiger partial charge in [-0.05, 0) is 31.4 Å². The molecule has 0 spiro atoms. The Morgan fingerprint density at radius 3 is 2.88 bits per heavy atom. The lowest BCUT2D eigenvalue weighted by molar-refractivity contribution is 0.265. The maximum absolute atomic E-state index is 6.14. The van der Waals surface area contributed by atoms with Crippen molar-refractivity contribution in [2.24, 2.45) is 5.73 Å². The molecule has 1 aliphatic rings. The molecule has 1 aromatic heterocycles. The molecule has 0 radical (unpaired) electrons. The number of nitrogens with zero attached hydrogens (tertiary/aromatic N) is 1. The molecule has 16 heavy (non-hydrogen) atoms. The fraction of sp³-hybridized carbons (Fsp3) is 0.417. The number of H-pyrrole nitrogens is 1. The first-order valence-corrected chi connectivity index (χ1v) is 5.73. The summed E-state index contributed by atoms with van der Waals surface area (Å²) in [5, 5.41) is 3.28. The summed E-state index contributed by atoms with van der Waals surface area (Å²) in [5.74, 6) is 0.818. The summed E-state index contributed by atoms with van der Waals surface area (Å²) in [6, 6.07) is 8.01. The van der Waals surface area contributed by atoms with Crippen LogP contribution in [0.25, 0.3) is 11.0 Å². The molecule has 0 bridgehead atoms. The molecule has 0 saturated heterocycles. The average Bonchev–Trinajstić information content (AvgIpc) is 2.66. The summed E-state index contributed by atoms with van der Waals surface area (Å²) in [7, 11) is 0. The molecule has 3 rings (SSSR count). The molecular formula is C12H16N4. The van der Waals surface area contributed by atoms with E-state index in [0.29, 0.717) is 0 Å². The van der Waals surface area contributed by atoms with E-state index in [0.717, 1.165) is 36.4 Å². The highest BCUT2D eigenvalue weighted by atomic mass is 15.1. The molecule has 1 fully saturated rings. The molecule has 4 heteroatoms. The Balaban J connectivity index is 1.74. The summed E-state index contributed by atoms with van der Waals surface area (Å²) < 4.78 is 0. The van der Waals surface area contributed by atoms with Gasteiger partial charge in [-0.3, -0.25) is 0 Å². The van der Waals surface area contributed by atoms with Crippen molar-refractivity contribution in [3.05, 3.63) is 24.3 Å². The molecule has 0 amide bonds. The average molecular weight is 216 g/mol. The lowest BCUT2D eigenvalue weighted by atomic mass is 9.78. The van der Waals surface area contributed by atoms with Gasteiger partial charge in [-0.1, -0.05) is 12.1 Å². The summed E-state index contributed by atoms with van der Waals surface area (Å²) in [4.78, 5) is 7.69. The Morgan fingerprint density at radius 2 is 2.19 bits per heavy atom. The van der Waals surface area contributed by atoms with Gasteiger partial charge in [0, 0.05) is 12.1 Å². The Kier molecular flexibility index (Phi) is 2.11. The van der Waals surface area contributed by atoms with Crippen molar-refractivity contribution in [3.63, 3.8) is 0 Å². The third-order valence-electron chi connectivity index (χ3n) is 3.35. The van der Waals surface area contributed by atoms with Crippen molar-refractivity contribution in [1.29, 1.82) is 0 Å². The van der Waals surface area contributed by atoms with Crippen molar-refractivity contribution in [2.75, 3.05) is 11.9 Å². The highest BCUT2D eigenvalue weighted by molar-refractivity contribution is 5.77. The second-order valence-electron chi connectivity index (χ2n) is 4.67. The Morgan fingerprint density at radius 1 is 1.38 bits per heavy atom. The number of aromatic amines is 1. The van der Waals surface area contributed by atoms with Crippen LogP contribution in [0.2, 0.25) is 0 Å². The predicted molar refractivity (Wildman–Crippen MR) is 65.4 cm³/mol. The summed E-state index contributed by atoms with van der Waals surface area (Å²) in [6.07, 6.45) is 3.47. The van der Waals surface area contributed by atoms with Gasteiger partial charge in [-0.25, -0.2) is 4.98 Å². The molecule has 1 aliphatic carbocycles. The van der Waals surface area contributed by atoms with Gasteiger partial charge in [-0.2, -0.15) is 0 Å². The van der Waals surface area contributed by atoms with Gasteiger partial charge < -0.3 is 16.0 Å². The van der Waals surface area contributed by atoms with Crippen molar-refractivity contribution < 1.29 is 0 Å². The standard InChI is InChI=1S/C12H16N4/c13-12(6-3-7-12)8-14-11-15-9-4-1-2-5-10(9)16-11/h1-2,4-5H,3,6-8,13H2,(H2,14,15,16). The number of benzene rings is 1. The minimum absolute atomic E-state index is 0.0149. The zero-order chi connectivity index (χ0) is 11.0. The van der Waals surface area contributed by atoms with Crippen LogP contribution >= 0.6 is 0 Å². The number of imidazole rings is 1. The second kappa shape index (κ2) is 3.49. The zero-order valence-electron chi connectivity index (χ0n) is 9.16. The highest BCUT2D eigenvalue weighted by Crippen LogP contribution is 2.29. The molecule has 1 aromatic carbocycles. The molecule has 0 aliphatic heterocycles. The second-order valence-corrected chi connectivity index (χ2v) is 4.67. The van der Waals surface area contributed by atoms with E-state index in [1.165, 1.54) is 6.42 Å². The SMILES string of the molecule is NC1(CNc2nc3ccccc3[nH]2)CCC1. The maximum Gasteiger partial charge on any atom is 0.201 e. The van der Waals surface area contributed by atoms with E-state index in [1.54, 1.807) is 0 Å². The number of anilines is 1. The summed E-state index contributed by atoms with van der Waals surface area (Å²) in [6.45, 7) is 0.798. The number of para-hydroxylation sites is 2. The molecule has 4 N–H and O–H groups in total. The van der Waals surface area contributed by atoms with Crippen LogP contribution in [-0.2, 0) is 0 Å². The molecule has 84 valence electrons. The normalized spacial score (nSPS) is 18.3. The van der Waals surface area contributed by atoms with Crippen molar-refractivity contribution >= 4 is 17.0 Å². The third-order valence-corrected chi connectivity index (χ3v) is 3.35. The van der Waals surface area contributed by atoms with E-state index < -0.39 is 0 Å². The van der Waals surface area contributed by atoms with Crippen LogP contribution < -0.4 is 11.1 Å². The molecule has 1 heterocycles. The van der Waals surface area contributed by atoms with E-state index in [9.17, 15) is 0 Å². The number of hydrogen-bond donors (Lipinski definition) is 3. The van der Waals surface area contributed by atoms with Gasteiger partial charge in [0.15, 0.2) is 0 Å². The molecule has 0 unspecified atom stereocenters. The van der Waals surface area contributed by atoms with Crippen LogP contribution in [0.4, 0.5) is 5.95 Å². The van der Waals surface area contributed by atoms with Crippen LogP contribution in [0.5, 0.6) is 0 Å². The van der Waals surface area contributed by atoms with Crippen molar-refractivity contribution in [2.45, 2.75) is 24.8 Å². The first kappa shape index (κ1) is 9.66. The van der Waals surface area contributed by atoms with Crippen LogP contribution in [0, 0.1) is 0 Å². The predicted octanol–water partition coefficient (Wildman–Crippen LogP) is 1.86. The zero-order valence-corrected chi connectivity index (χ0v) is 9.16. The van der Waals surface area contributed by atoms with Gasteiger partial charge in [0.2, 0.25) is 5.95 Å². The van der Waals surface area contributed by atoms with Gasteiger partial charge >= 0.3 is 0 Å². The number of hydrogen-bond acceptors (Lipinski definition) is 3. The number of rotatable bonds is 3. The van der Waals surface area contributed by atoms with Gasteiger partial charge in [0.25, 0.3) is 0 Å². The largest absolute Gasteiger partial charge is 0.354 e. The topological polar surface area (TPSA) is 66.7 Å². The van der Waals surface area contributed by atoms with E-state index >= 15 is 0 Å². The minimum atomic E-state index is -0.0149. The van der Waals surface area contributed by atoms with Crippen molar-refractivity contribution in [1.82, 2.24) is 9.97 Å². The Hall–Kier alpha value is -1.55. The van der Waals surface area contributed by atoms with E-state index in [-0.39, 0.29) is 5.54 Å². The first-order valence-electron chi connectivity index (χ1n) is 5.73. The fourth-order valence-corrected chi connectivity index (χ4v) is 2.10. The first-order chi connectivity index (χ1) is 7.75. The fourth-order valence-electron chi connectivity index (χ4n) is 2.10. The van der Waals surface area contributed by atoms with Crippen LogP contribution in [0.15, 0.2) is 24.3 Å². The van der Waals surface area contributed by atoms with Crippen LogP contribution in [0.1, 0.15) is 19.3 Å². The summed E-state index contributed by atoms with van der Waals surface area (Å²) >= 11 is 0. The van der Waals surface area contributed by atoms with Crippen LogP contribution in [0.3, 0.4) is 0 Å². The van der Waals surface area contributed by atoms with Crippen molar-refractivity contribution in [3.8, 4) is 0 Å². The Labute approximate surface area is 94.3 Å². The summed E-state index contributed by atoms with van der Waals surface area (Å²) in [5.41, 5.74) is 8.18.